The van der Waals surface area contributed by atoms with Gasteiger partial charge < -0.3 is 14.6 Å². The van der Waals surface area contributed by atoms with Crippen molar-refractivity contribution in [2.75, 3.05) is 13.2 Å². The fourth-order valence-corrected chi connectivity index (χ4v) is 2.05. The minimum atomic E-state index is -0.322. The summed E-state index contributed by atoms with van der Waals surface area (Å²) < 4.78 is 11.2. The van der Waals surface area contributed by atoms with E-state index in [-0.39, 0.29) is 11.9 Å². The normalized spacial score (nSPS) is 35.2. The lowest BCUT2D eigenvalue weighted by molar-refractivity contribution is -0.166. The third-order valence-corrected chi connectivity index (χ3v) is 2.77. The van der Waals surface area contributed by atoms with Crippen molar-refractivity contribution in [1.29, 1.82) is 0 Å². The average Bonchev–Trinajstić information content (AvgIpc) is 2.42. The highest BCUT2D eigenvalue weighted by atomic mass is 16.7. The molecule has 1 aliphatic heterocycles. The fourth-order valence-electron chi connectivity index (χ4n) is 2.05. The molecule has 2 aliphatic rings. The first kappa shape index (κ1) is 8.48. The molecular weight excluding hydrogens is 156 g/mol. The van der Waals surface area contributed by atoms with Crippen LogP contribution in [0.25, 0.3) is 0 Å². The van der Waals surface area contributed by atoms with E-state index in [4.69, 9.17) is 9.47 Å². The molecule has 0 aromatic heterocycles. The Kier molecular flexibility index (Phi) is 2.35. The van der Waals surface area contributed by atoms with Crippen LogP contribution in [0.15, 0.2) is 0 Å². The van der Waals surface area contributed by atoms with E-state index in [0.29, 0.717) is 0 Å². The Morgan fingerprint density at radius 1 is 1.08 bits per heavy atom. The smallest absolute Gasteiger partial charge is 0.168 e. The molecule has 1 spiro atoms. The molecule has 3 nitrogen and oxygen atoms in total. The topological polar surface area (TPSA) is 38.7 Å². The molecule has 2 rings (SSSR count). The Labute approximate surface area is 72.7 Å². The van der Waals surface area contributed by atoms with E-state index in [1.54, 1.807) is 0 Å². The van der Waals surface area contributed by atoms with Crippen LogP contribution in [0, 0.1) is 0 Å². The molecule has 1 heterocycles. The van der Waals surface area contributed by atoms with E-state index in [0.717, 1.165) is 45.3 Å². The molecule has 1 atom stereocenters. The lowest BCUT2D eigenvalue weighted by Crippen LogP contribution is -2.29. The summed E-state index contributed by atoms with van der Waals surface area (Å²) in [5.74, 6) is -0.322. The summed E-state index contributed by atoms with van der Waals surface area (Å²) in [4.78, 5) is 0. The lowest BCUT2D eigenvalue weighted by Gasteiger charge is -2.25. The van der Waals surface area contributed by atoms with E-state index in [2.05, 4.69) is 0 Å². The van der Waals surface area contributed by atoms with Gasteiger partial charge >= 0.3 is 0 Å². The predicted octanol–water partition coefficient (Wildman–Crippen LogP) is 1.05. The van der Waals surface area contributed by atoms with Gasteiger partial charge in [0.2, 0.25) is 0 Å². The van der Waals surface area contributed by atoms with Gasteiger partial charge in [0.15, 0.2) is 5.79 Å². The first-order valence-electron chi connectivity index (χ1n) is 4.77. The first-order valence-corrected chi connectivity index (χ1v) is 4.77. The van der Waals surface area contributed by atoms with Gasteiger partial charge in [0.05, 0.1) is 19.3 Å². The zero-order valence-electron chi connectivity index (χ0n) is 7.29. The van der Waals surface area contributed by atoms with Gasteiger partial charge in [-0.2, -0.15) is 0 Å². The molecule has 1 unspecified atom stereocenters. The Bertz CT molecular complexity index is 152. The maximum absolute atomic E-state index is 9.42. The van der Waals surface area contributed by atoms with Crippen molar-refractivity contribution in [3.05, 3.63) is 0 Å². The average molecular weight is 172 g/mol. The van der Waals surface area contributed by atoms with Crippen LogP contribution in [0.2, 0.25) is 0 Å². The molecule has 2 fully saturated rings. The molecule has 3 heteroatoms. The molecule has 0 radical (unpaired) electrons. The van der Waals surface area contributed by atoms with Gasteiger partial charge in [-0.25, -0.2) is 0 Å². The van der Waals surface area contributed by atoms with Gasteiger partial charge in [-0.1, -0.05) is 0 Å². The quantitative estimate of drug-likeness (QED) is 0.593. The molecule has 70 valence electrons. The third-order valence-electron chi connectivity index (χ3n) is 2.77. The van der Waals surface area contributed by atoms with Crippen LogP contribution in [0.3, 0.4) is 0 Å². The Hall–Kier alpha value is -0.120. The van der Waals surface area contributed by atoms with Crippen LogP contribution in [0.4, 0.5) is 0 Å². The zero-order chi connectivity index (χ0) is 8.44. The second-order valence-corrected chi connectivity index (χ2v) is 3.69. The predicted molar refractivity (Wildman–Crippen MR) is 43.7 cm³/mol. The number of hydrogen-bond donors (Lipinski definition) is 1. The Morgan fingerprint density at radius 2 is 1.83 bits per heavy atom. The highest BCUT2D eigenvalue weighted by Crippen LogP contribution is 2.34. The summed E-state index contributed by atoms with van der Waals surface area (Å²) in [5.41, 5.74) is 0. The van der Waals surface area contributed by atoms with Gasteiger partial charge in [0, 0.05) is 12.8 Å². The van der Waals surface area contributed by atoms with Crippen molar-refractivity contribution in [2.24, 2.45) is 0 Å². The number of hydrogen-bond acceptors (Lipinski definition) is 3. The van der Waals surface area contributed by atoms with Crippen LogP contribution in [-0.4, -0.2) is 30.2 Å². The Morgan fingerprint density at radius 3 is 2.58 bits per heavy atom. The molecule has 1 saturated carbocycles. The molecule has 1 saturated heterocycles. The van der Waals surface area contributed by atoms with E-state index in [9.17, 15) is 5.11 Å². The van der Waals surface area contributed by atoms with Crippen molar-refractivity contribution in [1.82, 2.24) is 0 Å². The Balaban J connectivity index is 1.97. The van der Waals surface area contributed by atoms with E-state index < -0.39 is 0 Å². The van der Waals surface area contributed by atoms with Crippen molar-refractivity contribution in [3.8, 4) is 0 Å². The van der Waals surface area contributed by atoms with Crippen molar-refractivity contribution < 1.29 is 14.6 Å². The number of rotatable bonds is 0. The summed E-state index contributed by atoms with van der Waals surface area (Å²) in [5, 5.41) is 9.42. The SMILES string of the molecule is OC1CCCC2(CC1)OCCO2. The lowest BCUT2D eigenvalue weighted by atomic mass is 10.1. The van der Waals surface area contributed by atoms with Crippen molar-refractivity contribution >= 4 is 0 Å². The standard InChI is InChI=1S/C9H16O3/c10-8-2-1-4-9(5-3-8)11-6-7-12-9/h8,10H,1-7H2. The summed E-state index contributed by atoms with van der Waals surface area (Å²) in [6.07, 6.45) is 4.39. The molecule has 1 N–H and O–H groups in total. The molecule has 0 aromatic rings. The summed E-state index contributed by atoms with van der Waals surface area (Å²) >= 11 is 0. The van der Waals surface area contributed by atoms with Gasteiger partial charge in [-0.15, -0.1) is 0 Å². The number of aliphatic hydroxyl groups is 1. The molecule has 0 aromatic carbocycles. The number of aliphatic hydroxyl groups excluding tert-OH is 1. The van der Waals surface area contributed by atoms with Crippen LogP contribution in [0.1, 0.15) is 32.1 Å². The summed E-state index contributed by atoms with van der Waals surface area (Å²) in [7, 11) is 0. The largest absolute Gasteiger partial charge is 0.393 e. The number of ether oxygens (including phenoxy) is 2. The third kappa shape index (κ3) is 1.63. The second kappa shape index (κ2) is 3.32. The van der Waals surface area contributed by atoms with E-state index >= 15 is 0 Å². The van der Waals surface area contributed by atoms with Gasteiger partial charge in [0.1, 0.15) is 0 Å². The maximum Gasteiger partial charge on any atom is 0.168 e. The molecule has 0 bridgehead atoms. The summed E-state index contributed by atoms with van der Waals surface area (Å²) in [6, 6.07) is 0. The van der Waals surface area contributed by atoms with Crippen molar-refractivity contribution in [3.63, 3.8) is 0 Å². The first-order chi connectivity index (χ1) is 5.81. The van der Waals surface area contributed by atoms with Crippen LogP contribution in [0.5, 0.6) is 0 Å². The maximum atomic E-state index is 9.42. The fraction of sp³-hybridized carbons (Fsp3) is 1.00. The summed E-state index contributed by atoms with van der Waals surface area (Å²) in [6.45, 7) is 1.44. The highest BCUT2D eigenvalue weighted by Gasteiger charge is 2.37. The zero-order valence-corrected chi connectivity index (χ0v) is 7.29. The molecule has 1 aliphatic carbocycles. The van der Waals surface area contributed by atoms with Crippen LogP contribution >= 0.6 is 0 Å². The monoisotopic (exact) mass is 172 g/mol. The van der Waals surface area contributed by atoms with Gasteiger partial charge in [0.25, 0.3) is 0 Å². The van der Waals surface area contributed by atoms with E-state index in [1.165, 1.54) is 0 Å². The van der Waals surface area contributed by atoms with Crippen LogP contribution < -0.4 is 0 Å². The molecule has 0 amide bonds. The molecular formula is C9H16O3. The minimum absolute atomic E-state index is 0.142. The highest BCUT2D eigenvalue weighted by molar-refractivity contribution is 4.79. The van der Waals surface area contributed by atoms with E-state index in [1.807, 2.05) is 0 Å². The molecule has 12 heavy (non-hydrogen) atoms. The van der Waals surface area contributed by atoms with Gasteiger partial charge in [-0.3, -0.25) is 0 Å². The minimum Gasteiger partial charge on any atom is -0.393 e. The van der Waals surface area contributed by atoms with Crippen LogP contribution in [-0.2, 0) is 9.47 Å². The van der Waals surface area contributed by atoms with Crippen molar-refractivity contribution in [2.45, 2.75) is 44.0 Å². The second-order valence-electron chi connectivity index (χ2n) is 3.69. The van der Waals surface area contributed by atoms with Gasteiger partial charge in [-0.05, 0) is 19.3 Å².